The fourth-order valence-electron chi connectivity index (χ4n) is 1.24. The maximum absolute atomic E-state index is 10.8. The van der Waals surface area contributed by atoms with Gasteiger partial charge in [0.1, 0.15) is 0 Å². The van der Waals surface area contributed by atoms with Gasteiger partial charge in [-0.05, 0) is 19.1 Å². The molecule has 0 aliphatic rings. The highest BCUT2D eigenvalue weighted by molar-refractivity contribution is 7.88. The topological polar surface area (TPSA) is 71.1 Å². The van der Waals surface area contributed by atoms with Crippen molar-refractivity contribution in [2.45, 2.75) is 13.5 Å². The van der Waals surface area contributed by atoms with Gasteiger partial charge in [-0.15, -0.1) is 0 Å². The van der Waals surface area contributed by atoms with Crippen LogP contribution in [-0.4, -0.2) is 32.7 Å². The largest absolute Gasteiger partial charge is 0.310 e. The van der Waals surface area contributed by atoms with Crippen molar-refractivity contribution in [3.63, 3.8) is 0 Å². The van der Waals surface area contributed by atoms with Gasteiger partial charge in [-0.25, -0.2) is 13.1 Å². The molecule has 16 heavy (non-hydrogen) atoms. The summed E-state index contributed by atoms with van der Waals surface area (Å²) >= 11 is 0. The van der Waals surface area contributed by atoms with Crippen LogP contribution in [0, 0.1) is 6.92 Å². The van der Waals surface area contributed by atoms with Crippen molar-refractivity contribution < 1.29 is 8.42 Å². The molecule has 2 N–H and O–H groups in total. The molecule has 0 unspecified atom stereocenters. The maximum Gasteiger partial charge on any atom is 0.208 e. The molecule has 0 saturated heterocycles. The first-order chi connectivity index (χ1) is 7.47. The van der Waals surface area contributed by atoms with E-state index in [1.54, 1.807) is 0 Å². The molecule has 1 rings (SSSR count). The van der Waals surface area contributed by atoms with Gasteiger partial charge in [-0.3, -0.25) is 4.98 Å². The van der Waals surface area contributed by atoms with Gasteiger partial charge in [0, 0.05) is 25.3 Å². The lowest BCUT2D eigenvalue weighted by molar-refractivity contribution is 0.581. The minimum atomic E-state index is -3.08. The minimum Gasteiger partial charge on any atom is -0.310 e. The van der Waals surface area contributed by atoms with Crippen LogP contribution < -0.4 is 10.0 Å². The summed E-state index contributed by atoms with van der Waals surface area (Å²) in [6, 6.07) is 5.83. The van der Waals surface area contributed by atoms with Gasteiger partial charge in [0.2, 0.25) is 10.0 Å². The number of aryl methyl sites for hydroxylation is 1. The third-order valence-electron chi connectivity index (χ3n) is 1.92. The van der Waals surface area contributed by atoms with Crippen molar-refractivity contribution in [2.75, 3.05) is 19.3 Å². The standard InChI is InChI=1S/C10H17N3O2S/c1-9-4-3-5-10(13-9)8-11-6-7-12-16(2,14)15/h3-5,11-12H,6-8H2,1-2H3. The van der Waals surface area contributed by atoms with Crippen LogP contribution in [0.25, 0.3) is 0 Å². The maximum atomic E-state index is 10.8. The Morgan fingerprint density at radius 3 is 2.69 bits per heavy atom. The number of pyridine rings is 1. The molecule has 0 bridgehead atoms. The molecule has 5 nitrogen and oxygen atoms in total. The molecule has 0 aliphatic heterocycles. The summed E-state index contributed by atoms with van der Waals surface area (Å²) < 4.78 is 23.9. The highest BCUT2D eigenvalue weighted by Crippen LogP contribution is 1.96. The van der Waals surface area contributed by atoms with Crippen molar-refractivity contribution in [1.82, 2.24) is 15.0 Å². The average Bonchev–Trinajstić information content (AvgIpc) is 2.15. The van der Waals surface area contributed by atoms with Crippen LogP contribution in [0.5, 0.6) is 0 Å². The smallest absolute Gasteiger partial charge is 0.208 e. The Kier molecular flexibility index (Phi) is 4.85. The predicted molar refractivity (Wildman–Crippen MR) is 63.5 cm³/mol. The minimum absolute atomic E-state index is 0.394. The first kappa shape index (κ1) is 13.1. The molecular weight excluding hydrogens is 226 g/mol. The zero-order chi connectivity index (χ0) is 12.0. The van der Waals surface area contributed by atoms with Gasteiger partial charge in [-0.1, -0.05) is 6.07 Å². The van der Waals surface area contributed by atoms with Crippen LogP contribution in [0.4, 0.5) is 0 Å². The summed E-state index contributed by atoms with van der Waals surface area (Å²) in [4.78, 5) is 4.32. The van der Waals surface area contributed by atoms with Gasteiger partial charge in [0.05, 0.1) is 11.9 Å². The van der Waals surface area contributed by atoms with Gasteiger partial charge in [-0.2, -0.15) is 0 Å². The highest BCUT2D eigenvalue weighted by atomic mass is 32.2. The quantitative estimate of drug-likeness (QED) is 0.691. The number of nitrogens with one attached hydrogen (secondary N) is 2. The summed E-state index contributed by atoms with van der Waals surface area (Å²) in [7, 11) is -3.08. The second-order valence-corrected chi connectivity index (χ2v) is 5.45. The van der Waals surface area contributed by atoms with E-state index in [1.165, 1.54) is 0 Å². The molecule has 0 fully saturated rings. The Morgan fingerprint density at radius 2 is 2.06 bits per heavy atom. The zero-order valence-electron chi connectivity index (χ0n) is 9.53. The summed E-state index contributed by atoms with van der Waals surface area (Å²) in [6.45, 7) is 3.56. The Morgan fingerprint density at radius 1 is 1.31 bits per heavy atom. The van der Waals surface area contributed by atoms with Crippen molar-refractivity contribution in [1.29, 1.82) is 0 Å². The van der Waals surface area contributed by atoms with E-state index in [0.717, 1.165) is 17.6 Å². The Balaban J connectivity index is 2.21. The number of nitrogens with zero attached hydrogens (tertiary/aromatic N) is 1. The van der Waals surface area contributed by atoms with Gasteiger partial charge >= 0.3 is 0 Å². The van der Waals surface area contributed by atoms with Crippen molar-refractivity contribution in [3.05, 3.63) is 29.6 Å². The van der Waals surface area contributed by atoms with Crippen LogP contribution in [-0.2, 0) is 16.6 Å². The molecule has 1 heterocycles. The zero-order valence-corrected chi connectivity index (χ0v) is 10.3. The lowest BCUT2D eigenvalue weighted by atomic mass is 10.3. The van der Waals surface area contributed by atoms with Gasteiger partial charge in [0.25, 0.3) is 0 Å². The number of sulfonamides is 1. The monoisotopic (exact) mass is 243 g/mol. The number of hydrogen-bond donors (Lipinski definition) is 2. The lowest BCUT2D eigenvalue weighted by Gasteiger charge is -2.05. The second-order valence-electron chi connectivity index (χ2n) is 3.61. The molecule has 0 aliphatic carbocycles. The van der Waals surface area contributed by atoms with E-state index in [9.17, 15) is 8.42 Å². The molecule has 90 valence electrons. The lowest BCUT2D eigenvalue weighted by Crippen LogP contribution is -2.30. The van der Waals surface area contributed by atoms with E-state index < -0.39 is 10.0 Å². The van der Waals surface area contributed by atoms with Crippen LogP contribution in [0.1, 0.15) is 11.4 Å². The average molecular weight is 243 g/mol. The molecule has 0 atom stereocenters. The Bertz CT molecular complexity index is 431. The third-order valence-corrected chi connectivity index (χ3v) is 2.65. The Hall–Kier alpha value is -0.980. The fraction of sp³-hybridized carbons (Fsp3) is 0.500. The molecule has 0 amide bonds. The second kappa shape index (κ2) is 5.93. The predicted octanol–water partition coefficient (Wildman–Crippen LogP) is 0.0288. The van der Waals surface area contributed by atoms with E-state index in [-0.39, 0.29) is 0 Å². The number of aromatic nitrogens is 1. The van der Waals surface area contributed by atoms with Crippen LogP contribution in [0.3, 0.4) is 0 Å². The van der Waals surface area contributed by atoms with Crippen molar-refractivity contribution >= 4 is 10.0 Å². The Labute approximate surface area is 96.3 Å². The van der Waals surface area contributed by atoms with Crippen molar-refractivity contribution in [3.8, 4) is 0 Å². The molecular formula is C10H17N3O2S. The number of hydrogen-bond acceptors (Lipinski definition) is 4. The molecule has 0 spiro atoms. The molecule has 0 saturated carbocycles. The molecule has 1 aromatic heterocycles. The molecule has 0 radical (unpaired) electrons. The highest BCUT2D eigenvalue weighted by Gasteiger charge is 1.98. The molecule has 1 aromatic rings. The van der Waals surface area contributed by atoms with Crippen LogP contribution >= 0.6 is 0 Å². The van der Waals surface area contributed by atoms with Gasteiger partial charge in [0.15, 0.2) is 0 Å². The van der Waals surface area contributed by atoms with Crippen LogP contribution in [0.15, 0.2) is 18.2 Å². The van der Waals surface area contributed by atoms with Gasteiger partial charge < -0.3 is 5.32 Å². The van der Waals surface area contributed by atoms with E-state index in [1.807, 2.05) is 25.1 Å². The molecule has 6 heteroatoms. The van der Waals surface area contributed by atoms with Crippen LogP contribution in [0.2, 0.25) is 0 Å². The molecule has 0 aromatic carbocycles. The van der Waals surface area contributed by atoms with E-state index in [4.69, 9.17) is 0 Å². The number of rotatable bonds is 6. The summed E-state index contributed by atoms with van der Waals surface area (Å²) in [5.41, 5.74) is 1.94. The van der Waals surface area contributed by atoms with E-state index in [2.05, 4.69) is 15.0 Å². The normalized spacial score (nSPS) is 11.6. The first-order valence-electron chi connectivity index (χ1n) is 5.05. The van der Waals surface area contributed by atoms with E-state index >= 15 is 0 Å². The third kappa shape index (κ3) is 5.79. The van der Waals surface area contributed by atoms with E-state index in [0.29, 0.717) is 19.6 Å². The summed E-state index contributed by atoms with van der Waals surface area (Å²) in [5, 5.41) is 3.11. The summed E-state index contributed by atoms with van der Waals surface area (Å²) in [5.74, 6) is 0. The summed E-state index contributed by atoms with van der Waals surface area (Å²) in [6.07, 6.45) is 1.15. The van der Waals surface area contributed by atoms with Crippen molar-refractivity contribution in [2.24, 2.45) is 0 Å². The SMILES string of the molecule is Cc1cccc(CNCCNS(C)(=O)=O)n1. The fourth-order valence-corrected chi connectivity index (χ4v) is 1.71. The first-order valence-corrected chi connectivity index (χ1v) is 6.94.